The van der Waals surface area contributed by atoms with E-state index in [1.807, 2.05) is 6.07 Å². The molecule has 2 aromatic heterocycles. The summed E-state index contributed by atoms with van der Waals surface area (Å²) in [5, 5.41) is 13.5. The summed E-state index contributed by atoms with van der Waals surface area (Å²) in [7, 11) is 0. The first-order chi connectivity index (χ1) is 10.8. The van der Waals surface area contributed by atoms with Gasteiger partial charge in [0.1, 0.15) is 11.3 Å². The fourth-order valence-electron chi connectivity index (χ4n) is 1.87. The summed E-state index contributed by atoms with van der Waals surface area (Å²) in [6, 6.07) is 3.58. The summed E-state index contributed by atoms with van der Waals surface area (Å²) >= 11 is 6.16. The number of carbonyl (C=O) groups excluding carboxylic acids is 1. The number of pyridine rings is 1. The SMILES string of the molecule is CC(C)(C)OC(=O)N(CCO)c1cn(-c2cccnc2)nc1Cl. The molecule has 7 nitrogen and oxygen atoms in total. The van der Waals surface area contributed by atoms with Crippen LogP contribution in [0.1, 0.15) is 20.8 Å². The summed E-state index contributed by atoms with van der Waals surface area (Å²) in [5.74, 6) is 0. The van der Waals surface area contributed by atoms with Gasteiger partial charge >= 0.3 is 6.09 Å². The molecule has 1 amide bonds. The Morgan fingerprint density at radius 3 is 2.78 bits per heavy atom. The van der Waals surface area contributed by atoms with Crippen LogP contribution in [-0.4, -0.2) is 44.7 Å². The predicted octanol–water partition coefficient (Wildman–Crippen LogP) is 2.65. The average molecular weight is 339 g/mol. The molecule has 124 valence electrons. The summed E-state index contributed by atoms with van der Waals surface area (Å²) in [6.45, 7) is 5.12. The molecule has 2 aromatic rings. The van der Waals surface area contributed by atoms with Gasteiger partial charge in [-0.3, -0.25) is 9.88 Å². The maximum Gasteiger partial charge on any atom is 0.415 e. The summed E-state index contributed by atoms with van der Waals surface area (Å²) in [6.07, 6.45) is 4.27. The number of anilines is 1. The highest BCUT2D eigenvalue weighted by atomic mass is 35.5. The molecule has 0 atom stereocenters. The van der Waals surface area contributed by atoms with Gasteiger partial charge < -0.3 is 9.84 Å². The van der Waals surface area contributed by atoms with Crippen LogP contribution in [-0.2, 0) is 4.74 Å². The topological polar surface area (TPSA) is 80.5 Å². The second-order valence-electron chi connectivity index (χ2n) is 5.82. The number of aliphatic hydroxyl groups is 1. The van der Waals surface area contributed by atoms with E-state index in [2.05, 4.69) is 10.1 Å². The van der Waals surface area contributed by atoms with Crippen LogP contribution in [0.3, 0.4) is 0 Å². The van der Waals surface area contributed by atoms with Crippen LogP contribution in [0.15, 0.2) is 30.7 Å². The van der Waals surface area contributed by atoms with Crippen LogP contribution in [0, 0.1) is 0 Å². The second kappa shape index (κ2) is 6.97. The van der Waals surface area contributed by atoms with E-state index in [1.54, 1.807) is 45.4 Å². The Morgan fingerprint density at radius 1 is 1.48 bits per heavy atom. The zero-order valence-corrected chi connectivity index (χ0v) is 14.0. The van der Waals surface area contributed by atoms with Crippen molar-refractivity contribution >= 4 is 23.4 Å². The van der Waals surface area contributed by atoms with Crippen molar-refractivity contribution in [1.82, 2.24) is 14.8 Å². The van der Waals surface area contributed by atoms with E-state index in [0.29, 0.717) is 11.4 Å². The lowest BCUT2D eigenvalue weighted by Gasteiger charge is -2.26. The molecular formula is C15H19ClN4O3. The summed E-state index contributed by atoms with van der Waals surface area (Å²) in [5.41, 5.74) is 0.406. The smallest absolute Gasteiger partial charge is 0.415 e. The molecular weight excluding hydrogens is 320 g/mol. The fraction of sp³-hybridized carbons (Fsp3) is 0.400. The van der Waals surface area contributed by atoms with Crippen molar-refractivity contribution in [2.24, 2.45) is 0 Å². The van der Waals surface area contributed by atoms with E-state index in [1.165, 1.54) is 9.58 Å². The van der Waals surface area contributed by atoms with Crippen LogP contribution < -0.4 is 4.90 Å². The maximum absolute atomic E-state index is 12.3. The van der Waals surface area contributed by atoms with Crippen LogP contribution in [0.4, 0.5) is 10.5 Å². The van der Waals surface area contributed by atoms with E-state index in [-0.39, 0.29) is 18.3 Å². The molecule has 0 aliphatic carbocycles. The highest BCUT2D eigenvalue weighted by molar-refractivity contribution is 6.32. The third kappa shape index (κ3) is 4.43. The van der Waals surface area contributed by atoms with Crippen molar-refractivity contribution in [3.8, 4) is 5.69 Å². The van der Waals surface area contributed by atoms with Gasteiger partial charge in [-0.1, -0.05) is 11.6 Å². The normalized spacial score (nSPS) is 11.3. The molecule has 0 bridgehead atoms. The number of hydrogen-bond acceptors (Lipinski definition) is 5. The van der Waals surface area contributed by atoms with Crippen LogP contribution in [0.2, 0.25) is 5.15 Å². The number of aromatic nitrogens is 3. The first-order valence-corrected chi connectivity index (χ1v) is 7.46. The third-order valence-corrected chi connectivity index (χ3v) is 3.06. The molecule has 0 aromatic carbocycles. The molecule has 1 N–H and O–H groups in total. The zero-order valence-electron chi connectivity index (χ0n) is 13.2. The van der Waals surface area contributed by atoms with Crippen molar-refractivity contribution in [1.29, 1.82) is 0 Å². The fourth-order valence-corrected chi connectivity index (χ4v) is 2.11. The monoisotopic (exact) mass is 338 g/mol. The Balaban J connectivity index is 2.33. The minimum absolute atomic E-state index is 0.0490. The van der Waals surface area contributed by atoms with Gasteiger partial charge in [0.2, 0.25) is 0 Å². The number of hydrogen-bond donors (Lipinski definition) is 1. The van der Waals surface area contributed by atoms with E-state index < -0.39 is 11.7 Å². The summed E-state index contributed by atoms with van der Waals surface area (Å²) in [4.78, 5) is 17.6. The molecule has 0 saturated heterocycles. The molecule has 2 rings (SSSR count). The van der Waals surface area contributed by atoms with Gasteiger partial charge in [-0.25, -0.2) is 9.48 Å². The molecule has 0 saturated carbocycles. The Bertz CT molecular complexity index is 667. The number of carbonyl (C=O) groups is 1. The summed E-state index contributed by atoms with van der Waals surface area (Å²) < 4.78 is 6.86. The molecule has 0 aliphatic heterocycles. The average Bonchev–Trinajstić information content (AvgIpc) is 2.85. The first kappa shape index (κ1) is 17.2. The van der Waals surface area contributed by atoms with Gasteiger partial charge in [0, 0.05) is 6.20 Å². The molecule has 0 spiro atoms. The number of ether oxygens (including phenoxy) is 1. The van der Waals surface area contributed by atoms with E-state index >= 15 is 0 Å². The third-order valence-electron chi connectivity index (χ3n) is 2.79. The number of rotatable bonds is 4. The lowest BCUT2D eigenvalue weighted by atomic mass is 10.2. The Morgan fingerprint density at radius 2 is 2.22 bits per heavy atom. The lowest BCUT2D eigenvalue weighted by Crippen LogP contribution is -2.38. The van der Waals surface area contributed by atoms with Crippen molar-refractivity contribution < 1.29 is 14.6 Å². The first-order valence-electron chi connectivity index (χ1n) is 7.09. The number of nitrogens with zero attached hydrogens (tertiary/aromatic N) is 4. The molecule has 0 unspecified atom stereocenters. The zero-order chi connectivity index (χ0) is 17.0. The van der Waals surface area contributed by atoms with Gasteiger partial charge in [0.15, 0.2) is 5.15 Å². The standard InChI is InChI=1S/C15H19ClN4O3/c1-15(2,3)23-14(22)19(7-8-21)12-10-20(18-13(12)16)11-5-4-6-17-9-11/h4-6,9-10,21H,7-8H2,1-3H3. The lowest BCUT2D eigenvalue weighted by molar-refractivity contribution is 0.0573. The van der Waals surface area contributed by atoms with E-state index in [4.69, 9.17) is 16.3 Å². The second-order valence-corrected chi connectivity index (χ2v) is 6.17. The molecule has 8 heteroatoms. The van der Waals surface area contributed by atoms with Gasteiger partial charge in [-0.15, -0.1) is 0 Å². The largest absolute Gasteiger partial charge is 0.443 e. The molecule has 23 heavy (non-hydrogen) atoms. The van der Waals surface area contributed by atoms with Crippen LogP contribution in [0.25, 0.3) is 5.69 Å². The minimum Gasteiger partial charge on any atom is -0.443 e. The Labute approximate surface area is 139 Å². The highest BCUT2D eigenvalue weighted by Crippen LogP contribution is 2.27. The van der Waals surface area contributed by atoms with Crippen molar-refractivity contribution in [3.05, 3.63) is 35.9 Å². The van der Waals surface area contributed by atoms with Gasteiger partial charge in [0.25, 0.3) is 0 Å². The quantitative estimate of drug-likeness (QED) is 0.927. The van der Waals surface area contributed by atoms with Crippen molar-refractivity contribution in [3.63, 3.8) is 0 Å². The number of halogens is 1. The number of amides is 1. The van der Waals surface area contributed by atoms with Gasteiger partial charge in [0.05, 0.1) is 31.2 Å². The highest BCUT2D eigenvalue weighted by Gasteiger charge is 2.26. The van der Waals surface area contributed by atoms with Crippen LogP contribution in [0.5, 0.6) is 0 Å². The predicted molar refractivity (Wildman–Crippen MR) is 87.0 cm³/mol. The van der Waals surface area contributed by atoms with E-state index in [9.17, 15) is 9.90 Å². The maximum atomic E-state index is 12.3. The van der Waals surface area contributed by atoms with Gasteiger partial charge in [-0.05, 0) is 32.9 Å². The molecule has 2 heterocycles. The van der Waals surface area contributed by atoms with Crippen molar-refractivity contribution in [2.75, 3.05) is 18.1 Å². The Kier molecular flexibility index (Phi) is 5.23. The molecule has 0 radical (unpaired) electrons. The molecule has 0 fully saturated rings. The number of aliphatic hydroxyl groups excluding tert-OH is 1. The van der Waals surface area contributed by atoms with E-state index in [0.717, 1.165) is 0 Å². The minimum atomic E-state index is -0.656. The van der Waals surface area contributed by atoms with Gasteiger partial charge in [-0.2, -0.15) is 5.10 Å². The van der Waals surface area contributed by atoms with Crippen LogP contribution >= 0.6 is 11.6 Å². The molecule has 0 aliphatic rings. The Hall–Kier alpha value is -2.12. The van der Waals surface area contributed by atoms with Crippen molar-refractivity contribution in [2.45, 2.75) is 26.4 Å².